The number of aromatic nitrogens is 1. The van der Waals surface area contributed by atoms with Gasteiger partial charge in [-0.15, -0.1) is 0 Å². The Balaban J connectivity index is 1.96. The maximum atomic E-state index is 12.4. The Morgan fingerprint density at radius 2 is 1.92 bits per heavy atom. The van der Waals surface area contributed by atoms with Gasteiger partial charge < -0.3 is 20.2 Å². The predicted molar refractivity (Wildman–Crippen MR) is 76.5 cm³/mol. The SMILES string of the molecule is O=C(COc1cccnc1[N+](=O)[O-])Nc1ccc(C(F)(F)F)cc1. The van der Waals surface area contributed by atoms with E-state index >= 15 is 0 Å². The van der Waals surface area contributed by atoms with Crippen molar-refractivity contribution in [1.82, 2.24) is 4.98 Å². The van der Waals surface area contributed by atoms with E-state index in [9.17, 15) is 28.1 Å². The second kappa shape index (κ2) is 6.94. The Morgan fingerprint density at radius 1 is 1.25 bits per heavy atom. The second-order valence-electron chi connectivity index (χ2n) is 4.49. The molecule has 126 valence electrons. The number of amides is 1. The Bertz CT molecular complexity index is 748. The largest absolute Gasteiger partial charge is 0.476 e. The third kappa shape index (κ3) is 4.41. The molecule has 10 heteroatoms. The summed E-state index contributed by atoms with van der Waals surface area (Å²) in [5.74, 6) is -1.42. The molecule has 0 atom stereocenters. The van der Waals surface area contributed by atoms with Crippen LogP contribution in [0, 0.1) is 10.1 Å². The van der Waals surface area contributed by atoms with Gasteiger partial charge in [0.2, 0.25) is 5.75 Å². The number of benzene rings is 1. The summed E-state index contributed by atoms with van der Waals surface area (Å²) in [4.78, 5) is 25.2. The Morgan fingerprint density at radius 3 is 2.50 bits per heavy atom. The van der Waals surface area contributed by atoms with Crippen molar-refractivity contribution in [3.05, 3.63) is 58.3 Å². The number of rotatable bonds is 5. The average Bonchev–Trinajstić information content (AvgIpc) is 2.53. The molecule has 24 heavy (non-hydrogen) atoms. The van der Waals surface area contributed by atoms with Crippen LogP contribution in [0.5, 0.6) is 5.75 Å². The molecule has 0 saturated heterocycles. The average molecular weight is 341 g/mol. The topological polar surface area (TPSA) is 94.4 Å². The van der Waals surface area contributed by atoms with E-state index in [1.54, 1.807) is 0 Å². The standard InChI is InChI=1S/C14H10F3N3O4/c15-14(16,17)9-3-5-10(6-4-9)19-12(21)8-24-11-2-1-7-18-13(11)20(22)23/h1-7H,8H2,(H,19,21). The van der Waals surface area contributed by atoms with Gasteiger partial charge in [0.25, 0.3) is 5.91 Å². The third-order valence-corrected chi connectivity index (χ3v) is 2.78. The van der Waals surface area contributed by atoms with Gasteiger partial charge in [0.05, 0.1) is 5.56 Å². The molecule has 0 unspecified atom stereocenters. The minimum atomic E-state index is -4.47. The van der Waals surface area contributed by atoms with Crippen LogP contribution in [0.4, 0.5) is 24.7 Å². The van der Waals surface area contributed by atoms with Crippen LogP contribution >= 0.6 is 0 Å². The van der Waals surface area contributed by atoms with Gasteiger partial charge in [0.15, 0.2) is 6.61 Å². The highest BCUT2D eigenvalue weighted by atomic mass is 19.4. The smallest absolute Gasteiger partial charge is 0.416 e. The fourth-order valence-corrected chi connectivity index (χ4v) is 1.71. The number of hydrogen-bond acceptors (Lipinski definition) is 5. The zero-order valence-electron chi connectivity index (χ0n) is 11.9. The van der Waals surface area contributed by atoms with Gasteiger partial charge in [0, 0.05) is 5.69 Å². The maximum Gasteiger partial charge on any atom is 0.416 e. The summed E-state index contributed by atoms with van der Waals surface area (Å²) in [6.07, 6.45) is -3.27. The second-order valence-corrected chi connectivity index (χ2v) is 4.49. The molecular weight excluding hydrogens is 331 g/mol. The lowest BCUT2D eigenvalue weighted by Gasteiger charge is -2.09. The van der Waals surface area contributed by atoms with Crippen LogP contribution in [0.1, 0.15) is 5.56 Å². The van der Waals surface area contributed by atoms with Crippen LogP contribution in [0.25, 0.3) is 0 Å². The number of alkyl halides is 3. The molecule has 1 aromatic carbocycles. The van der Waals surface area contributed by atoms with E-state index in [2.05, 4.69) is 10.3 Å². The van der Waals surface area contributed by atoms with Gasteiger partial charge in [0.1, 0.15) is 6.20 Å². The van der Waals surface area contributed by atoms with Gasteiger partial charge in [-0.05, 0) is 46.3 Å². The molecule has 0 radical (unpaired) electrons. The number of nitrogens with one attached hydrogen (secondary N) is 1. The summed E-state index contributed by atoms with van der Waals surface area (Å²) in [6.45, 7) is -0.562. The molecule has 0 fully saturated rings. The van der Waals surface area contributed by atoms with Crippen molar-refractivity contribution in [3.8, 4) is 5.75 Å². The summed E-state index contributed by atoms with van der Waals surface area (Å²) >= 11 is 0. The first kappa shape index (κ1) is 17.2. The van der Waals surface area contributed by atoms with Gasteiger partial charge >= 0.3 is 12.0 Å². The van der Waals surface area contributed by atoms with Crippen LogP contribution in [0.3, 0.4) is 0 Å². The number of carbonyl (C=O) groups excluding carboxylic acids is 1. The number of pyridine rings is 1. The summed E-state index contributed by atoms with van der Waals surface area (Å²) < 4.78 is 42.3. The van der Waals surface area contributed by atoms with Crippen molar-refractivity contribution in [2.75, 3.05) is 11.9 Å². The van der Waals surface area contributed by atoms with Crippen molar-refractivity contribution in [3.63, 3.8) is 0 Å². The van der Waals surface area contributed by atoms with E-state index in [0.717, 1.165) is 24.3 Å². The van der Waals surface area contributed by atoms with E-state index < -0.39 is 35.0 Å². The Hall–Kier alpha value is -3.17. The van der Waals surface area contributed by atoms with E-state index in [1.807, 2.05) is 0 Å². The molecule has 7 nitrogen and oxygen atoms in total. The number of halogens is 3. The van der Waals surface area contributed by atoms with E-state index in [4.69, 9.17) is 4.74 Å². The quantitative estimate of drug-likeness (QED) is 0.666. The van der Waals surface area contributed by atoms with Crippen molar-refractivity contribution < 1.29 is 27.6 Å². The first-order chi connectivity index (χ1) is 11.3. The zero-order chi connectivity index (χ0) is 17.7. The maximum absolute atomic E-state index is 12.4. The molecule has 0 saturated carbocycles. The van der Waals surface area contributed by atoms with Crippen LogP contribution in [0.15, 0.2) is 42.6 Å². The highest BCUT2D eigenvalue weighted by Crippen LogP contribution is 2.29. The number of hydrogen-bond donors (Lipinski definition) is 1. The highest BCUT2D eigenvalue weighted by Gasteiger charge is 2.30. The summed E-state index contributed by atoms with van der Waals surface area (Å²) in [5, 5.41) is 13.1. The summed E-state index contributed by atoms with van der Waals surface area (Å²) in [7, 11) is 0. The highest BCUT2D eigenvalue weighted by molar-refractivity contribution is 5.91. The minimum Gasteiger partial charge on any atom is -0.476 e. The molecule has 1 amide bonds. The first-order valence-electron chi connectivity index (χ1n) is 6.46. The number of ether oxygens (including phenoxy) is 1. The lowest BCUT2D eigenvalue weighted by molar-refractivity contribution is -0.390. The molecule has 0 aliphatic carbocycles. The number of anilines is 1. The first-order valence-corrected chi connectivity index (χ1v) is 6.46. The van der Waals surface area contributed by atoms with E-state index in [1.165, 1.54) is 18.3 Å². The van der Waals surface area contributed by atoms with Gasteiger partial charge in [-0.2, -0.15) is 13.2 Å². The van der Waals surface area contributed by atoms with Crippen LogP contribution in [-0.4, -0.2) is 22.4 Å². The van der Waals surface area contributed by atoms with Gasteiger partial charge in [-0.1, -0.05) is 0 Å². The number of nitrogens with zero attached hydrogens (tertiary/aromatic N) is 2. The minimum absolute atomic E-state index is 0.136. The fourth-order valence-electron chi connectivity index (χ4n) is 1.71. The molecule has 2 rings (SSSR count). The monoisotopic (exact) mass is 341 g/mol. The Labute approximate surface area is 133 Å². The lowest BCUT2D eigenvalue weighted by atomic mass is 10.2. The molecule has 0 spiro atoms. The molecule has 0 bridgehead atoms. The molecule has 1 N–H and O–H groups in total. The predicted octanol–water partition coefficient (Wildman–Crippen LogP) is 3.03. The molecule has 1 heterocycles. The Kier molecular flexibility index (Phi) is 4.97. The lowest BCUT2D eigenvalue weighted by Crippen LogP contribution is -2.20. The van der Waals surface area contributed by atoms with Crippen molar-refractivity contribution in [1.29, 1.82) is 0 Å². The fraction of sp³-hybridized carbons (Fsp3) is 0.143. The van der Waals surface area contributed by atoms with Crippen molar-refractivity contribution in [2.24, 2.45) is 0 Å². The normalized spacial score (nSPS) is 11.0. The molecule has 0 aliphatic rings. The van der Waals surface area contributed by atoms with Crippen molar-refractivity contribution >= 4 is 17.4 Å². The van der Waals surface area contributed by atoms with Crippen LogP contribution in [0.2, 0.25) is 0 Å². The van der Waals surface area contributed by atoms with E-state index in [0.29, 0.717) is 0 Å². The molecular formula is C14H10F3N3O4. The van der Waals surface area contributed by atoms with Crippen LogP contribution in [-0.2, 0) is 11.0 Å². The zero-order valence-corrected chi connectivity index (χ0v) is 11.9. The van der Waals surface area contributed by atoms with Crippen molar-refractivity contribution in [2.45, 2.75) is 6.18 Å². The molecule has 0 aliphatic heterocycles. The van der Waals surface area contributed by atoms with Crippen LogP contribution < -0.4 is 10.1 Å². The van der Waals surface area contributed by atoms with E-state index in [-0.39, 0.29) is 11.4 Å². The molecule has 1 aromatic heterocycles. The molecule has 2 aromatic rings. The summed E-state index contributed by atoms with van der Waals surface area (Å²) in [6, 6.07) is 6.50. The third-order valence-electron chi connectivity index (χ3n) is 2.78. The number of nitro groups is 1. The van der Waals surface area contributed by atoms with Gasteiger partial charge in [-0.25, -0.2) is 0 Å². The number of carbonyl (C=O) groups is 1. The van der Waals surface area contributed by atoms with Gasteiger partial charge in [-0.3, -0.25) is 4.79 Å². The summed E-state index contributed by atoms with van der Waals surface area (Å²) in [5.41, 5.74) is -0.708.